The van der Waals surface area contributed by atoms with Crippen molar-refractivity contribution in [3.05, 3.63) is 132 Å². The number of benzene rings is 3. The molecular weight excluding hydrogens is 556 g/mol. The van der Waals surface area contributed by atoms with Crippen LogP contribution in [0.2, 0.25) is 0 Å². The maximum Gasteiger partial charge on any atom is 0.352 e. The highest BCUT2D eigenvalue weighted by Gasteiger charge is 2.43. The summed E-state index contributed by atoms with van der Waals surface area (Å²) in [6.07, 6.45) is 1.79. The minimum absolute atomic E-state index is 0.0390. The molecule has 43 heavy (non-hydrogen) atoms. The monoisotopic (exact) mass is 582 g/mol. The molecule has 0 saturated carbocycles. The number of phenolic OH excluding ortho intramolecular Hbond substituents is 1. The summed E-state index contributed by atoms with van der Waals surface area (Å²) in [6, 6.07) is 18.1. The lowest BCUT2D eigenvalue weighted by Gasteiger charge is -2.38. The van der Waals surface area contributed by atoms with Gasteiger partial charge in [0.25, 0.3) is 0 Å². The number of methoxy groups -OCH3 is 2. The average Bonchev–Trinajstić information content (AvgIpc) is 3.44. The van der Waals surface area contributed by atoms with Crippen molar-refractivity contribution in [2.24, 2.45) is 0 Å². The van der Waals surface area contributed by atoms with Crippen LogP contribution in [0.15, 0.2) is 104 Å². The number of allylic oxidation sites excluding steroid dienone is 2. The molecule has 0 amide bonds. The van der Waals surface area contributed by atoms with Crippen molar-refractivity contribution < 1.29 is 14.6 Å². The average molecular weight is 583 g/mol. The Balaban J connectivity index is 1.54. The van der Waals surface area contributed by atoms with Crippen LogP contribution in [0.3, 0.4) is 0 Å². The highest BCUT2D eigenvalue weighted by molar-refractivity contribution is 5.55. The third kappa shape index (κ3) is 3.70. The SMILES string of the molecule is COc1cc(O)cc(OC)c1[C@H]1C2=CCn3c(=O)n(-c4ccccc4)c(=O)n3[C@@H]2Cn2c(=O)n(-c3ccccc3)c(=O)n21. The van der Waals surface area contributed by atoms with Gasteiger partial charge in [-0.2, -0.15) is 0 Å². The summed E-state index contributed by atoms with van der Waals surface area (Å²) in [5.74, 6) is 0.289. The standard InChI is InChI=1S/C30H26N6O7/c1-42-23-15-20(37)16-24(43-2)25(23)26-21-13-14-31-27(38)33(18-9-5-3-6-10-18)29(40)35(31)22(21)17-32-28(39)34(30(41)36(26)32)19-11-7-4-8-12-19/h3-13,15-16,22,26,37H,14,17H2,1-2H3/t22-,26-/m1/s1. The predicted molar refractivity (Wildman–Crippen MR) is 155 cm³/mol. The van der Waals surface area contributed by atoms with Crippen LogP contribution in [0, 0.1) is 0 Å². The third-order valence-electron chi connectivity index (χ3n) is 8.04. The molecule has 13 heteroatoms. The van der Waals surface area contributed by atoms with Crippen molar-refractivity contribution in [3.8, 4) is 28.6 Å². The van der Waals surface area contributed by atoms with Crippen molar-refractivity contribution in [3.63, 3.8) is 0 Å². The Hall–Kier alpha value is -5.72. The first-order chi connectivity index (χ1) is 20.8. The Morgan fingerprint density at radius 3 is 1.74 bits per heavy atom. The quantitative estimate of drug-likeness (QED) is 0.310. The van der Waals surface area contributed by atoms with Crippen LogP contribution in [-0.4, -0.2) is 47.2 Å². The fourth-order valence-electron chi connectivity index (χ4n) is 6.20. The normalized spacial score (nSPS) is 17.0. The van der Waals surface area contributed by atoms with E-state index < -0.39 is 34.8 Å². The van der Waals surface area contributed by atoms with Crippen LogP contribution in [0.5, 0.6) is 17.2 Å². The van der Waals surface area contributed by atoms with E-state index >= 15 is 0 Å². The number of aromatic hydroxyl groups is 1. The van der Waals surface area contributed by atoms with E-state index in [1.807, 2.05) is 0 Å². The number of ether oxygens (including phenoxy) is 2. The van der Waals surface area contributed by atoms with E-state index in [0.717, 1.165) is 9.13 Å². The van der Waals surface area contributed by atoms with E-state index in [4.69, 9.17) is 9.47 Å². The minimum Gasteiger partial charge on any atom is -0.508 e. The van der Waals surface area contributed by atoms with E-state index in [1.54, 1.807) is 66.7 Å². The summed E-state index contributed by atoms with van der Waals surface area (Å²) in [5.41, 5.74) is -0.611. The van der Waals surface area contributed by atoms with Crippen LogP contribution in [0.25, 0.3) is 11.4 Å². The van der Waals surface area contributed by atoms with Gasteiger partial charge in [-0.15, -0.1) is 0 Å². The Kier molecular flexibility index (Phi) is 5.90. The number of rotatable bonds is 5. The largest absolute Gasteiger partial charge is 0.508 e. The maximum absolute atomic E-state index is 14.1. The molecule has 0 aliphatic carbocycles. The summed E-state index contributed by atoms with van der Waals surface area (Å²) in [4.78, 5) is 55.6. The van der Waals surface area contributed by atoms with Gasteiger partial charge >= 0.3 is 22.8 Å². The van der Waals surface area contributed by atoms with Crippen LogP contribution in [-0.2, 0) is 13.1 Å². The summed E-state index contributed by atoms with van der Waals surface area (Å²) >= 11 is 0. The second-order valence-electron chi connectivity index (χ2n) is 10.2. The van der Waals surface area contributed by atoms with Crippen LogP contribution in [0.1, 0.15) is 17.6 Å². The number of para-hydroxylation sites is 2. The lowest BCUT2D eigenvalue weighted by Crippen LogP contribution is -2.47. The van der Waals surface area contributed by atoms with Gasteiger partial charge in [0.2, 0.25) is 0 Å². The molecule has 0 unspecified atom stereocenters. The molecule has 3 aromatic carbocycles. The molecule has 0 radical (unpaired) electrons. The van der Waals surface area contributed by atoms with Gasteiger partial charge in [0, 0.05) is 12.1 Å². The first-order valence-corrected chi connectivity index (χ1v) is 13.5. The molecule has 5 aromatic rings. The van der Waals surface area contributed by atoms with Crippen LogP contribution < -0.4 is 32.2 Å². The Labute approximate surface area is 242 Å². The topological polar surface area (TPSA) is 137 Å². The first-order valence-electron chi connectivity index (χ1n) is 13.5. The zero-order valence-electron chi connectivity index (χ0n) is 23.2. The van der Waals surface area contributed by atoms with Gasteiger partial charge < -0.3 is 14.6 Å². The number of hydrogen-bond acceptors (Lipinski definition) is 7. The fourth-order valence-corrected chi connectivity index (χ4v) is 6.20. The summed E-state index contributed by atoms with van der Waals surface area (Å²) in [7, 11) is 2.83. The second kappa shape index (κ2) is 9.69. The molecule has 13 nitrogen and oxygen atoms in total. The molecule has 218 valence electrons. The van der Waals surface area contributed by atoms with E-state index in [2.05, 4.69) is 0 Å². The molecule has 2 aliphatic heterocycles. The molecular formula is C30H26N6O7. The smallest absolute Gasteiger partial charge is 0.352 e. The van der Waals surface area contributed by atoms with Crippen molar-refractivity contribution in [2.75, 3.05) is 14.2 Å². The Bertz CT molecular complexity index is 2140. The molecule has 2 aromatic heterocycles. The number of phenols is 1. The third-order valence-corrected chi connectivity index (χ3v) is 8.04. The van der Waals surface area contributed by atoms with Crippen LogP contribution >= 0.6 is 0 Å². The van der Waals surface area contributed by atoms with Gasteiger partial charge in [-0.25, -0.2) is 47.0 Å². The van der Waals surface area contributed by atoms with E-state index in [1.165, 1.54) is 45.1 Å². The lowest BCUT2D eigenvalue weighted by atomic mass is 9.89. The second-order valence-corrected chi connectivity index (χ2v) is 10.2. The molecule has 7 rings (SSSR count). The highest BCUT2D eigenvalue weighted by Crippen LogP contribution is 2.46. The van der Waals surface area contributed by atoms with E-state index in [0.29, 0.717) is 22.5 Å². The number of nitrogens with zero attached hydrogens (tertiary/aromatic N) is 6. The number of fused-ring (bicyclic) bond motifs is 4. The van der Waals surface area contributed by atoms with E-state index in [-0.39, 0.29) is 30.3 Å². The van der Waals surface area contributed by atoms with Crippen molar-refractivity contribution in [1.29, 1.82) is 0 Å². The van der Waals surface area contributed by atoms with Crippen molar-refractivity contribution >= 4 is 0 Å². The summed E-state index contributed by atoms with van der Waals surface area (Å²) in [5, 5.41) is 10.4. The van der Waals surface area contributed by atoms with Gasteiger partial charge in [-0.05, 0) is 29.8 Å². The van der Waals surface area contributed by atoms with E-state index in [9.17, 15) is 24.3 Å². The van der Waals surface area contributed by atoms with Gasteiger partial charge in [0.15, 0.2) is 0 Å². The summed E-state index contributed by atoms with van der Waals surface area (Å²) < 4.78 is 18.7. The molecule has 1 N–H and O–H groups in total. The lowest BCUT2D eigenvalue weighted by molar-refractivity contribution is 0.240. The van der Waals surface area contributed by atoms with Gasteiger partial charge in [-0.1, -0.05) is 42.5 Å². The van der Waals surface area contributed by atoms with Crippen LogP contribution in [0.4, 0.5) is 0 Å². The number of hydrogen-bond donors (Lipinski definition) is 1. The van der Waals surface area contributed by atoms with Gasteiger partial charge in [0.05, 0.1) is 50.3 Å². The molecule has 0 fully saturated rings. The zero-order valence-corrected chi connectivity index (χ0v) is 23.2. The first kappa shape index (κ1) is 26.2. The van der Waals surface area contributed by atoms with Crippen molar-refractivity contribution in [1.82, 2.24) is 27.9 Å². The fraction of sp³-hybridized carbons (Fsp3) is 0.200. The highest BCUT2D eigenvalue weighted by atomic mass is 16.5. The molecule has 0 bridgehead atoms. The number of aromatic nitrogens is 6. The summed E-state index contributed by atoms with van der Waals surface area (Å²) in [6.45, 7) is -0.0611. The zero-order chi connectivity index (χ0) is 30.0. The molecule has 2 aliphatic rings. The van der Waals surface area contributed by atoms with Gasteiger partial charge in [0.1, 0.15) is 23.3 Å². The Morgan fingerprint density at radius 1 is 0.698 bits per heavy atom. The minimum atomic E-state index is -0.995. The molecule has 4 heterocycles. The van der Waals surface area contributed by atoms with Gasteiger partial charge in [-0.3, -0.25) is 0 Å². The molecule has 0 spiro atoms. The predicted octanol–water partition coefficient (Wildman–Crippen LogP) is 1.42. The Morgan fingerprint density at radius 2 is 1.21 bits per heavy atom. The van der Waals surface area contributed by atoms with Crippen molar-refractivity contribution in [2.45, 2.75) is 25.2 Å². The maximum atomic E-state index is 14.1. The molecule has 0 saturated heterocycles. The molecule has 2 atom stereocenters.